The van der Waals surface area contributed by atoms with Crippen molar-refractivity contribution >= 4 is 23.5 Å². The van der Waals surface area contributed by atoms with E-state index in [4.69, 9.17) is 0 Å². The van der Waals surface area contributed by atoms with Crippen molar-refractivity contribution in [3.05, 3.63) is 68.7 Å². The lowest BCUT2D eigenvalue weighted by Gasteiger charge is -2.16. The predicted molar refractivity (Wildman–Crippen MR) is 114 cm³/mol. The molecule has 0 aliphatic heterocycles. The number of aryl methyl sites for hydroxylation is 2. The van der Waals surface area contributed by atoms with Gasteiger partial charge in [0.2, 0.25) is 0 Å². The van der Waals surface area contributed by atoms with Gasteiger partial charge in [0.1, 0.15) is 0 Å². The Morgan fingerprint density at radius 3 is 2.89 bits per heavy atom. The SMILES string of the molecule is Cc1nn(-c2ccccc2)c(C)c1/C=N\NC(=O)c1cc2c(s1)CC[C@@H](C)C2. The van der Waals surface area contributed by atoms with Crippen LogP contribution in [0.1, 0.15) is 50.4 Å². The van der Waals surface area contributed by atoms with Crippen LogP contribution in [0.2, 0.25) is 0 Å². The Morgan fingerprint density at radius 2 is 2.11 bits per heavy atom. The van der Waals surface area contributed by atoms with Crippen LogP contribution in [0.25, 0.3) is 5.69 Å². The molecule has 1 aromatic carbocycles. The lowest BCUT2D eigenvalue weighted by Crippen LogP contribution is -2.16. The fourth-order valence-corrected chi connectivity index (χ4v) is 4.79. The van der Waals surface area contributed by atoms with Crippen molar-refractivity contribution in [2.75, 3.05) is 0 Å². The molecule has 1 atom stereocenters. The summed E-state index contributed by atoms with van der Waals surface area (Å²) in [7, 11) is 0. The number of carbonyl (C=O) groups is 1. The molecule has 0 fully saturated rings. The summed E-state index contributed by atoms with van der Waals surface area (Å²) in [6.07, 6.45) is 5.04. The van der Waals surface area contributed by atoms with E-state index in [0.29, 0.717) is 5.92 Å². The zero-order valence-electron chi connectivity index (χ0n) is 16.4. The van der Waals surface area contributed by atoms with Crippen molar-refractivity contribution in [2.24, 2.45) is 11.0 Å². The second kappa shape index (κ2) is 7.72. The Morgan fingerprint density at radius 1 is 1.32 bits per heavy atom. The van der Waals surface area contributed by atoms with Crippen LogP contribution in [0.5, 0.6) is 0 Å². The molecule has 2 aromatic heterocycles. The van der Waals surface area contributed by atoms with E-state index in [-0.39, 0.29) is 5.91 Å². The lowest BCUT2D eigenvalue weighted by atomic mass is 9.90. The smallest absolute Gasteiger partial charge is 0.266 e. The molecule has 4 rings (SSSR count). The van der Waals surface area contributed by atoms with Crippen molar-refractivity contribution in [2.45, 2.75) is 40.0 Å². The van der Waals surface area contributed by atoms with Gasteiger partial charge >= 0.3 is 0 Å². The number of benzene rings is 1. The standard InChI is InChI=1S/C22H24N4OS/c1-14-9-10-20-17(11-14)12-21(28-20)22(27)24-23-13-19-15(2)25-26(16(19)3)18-7-5-4-6-8-18/h4-8,12-14H,9-11H2,1-3H3,(H,24,27)/b23-13-/t14-/m1/s1. The average molecular weight is 393 g/mol. The number of aromatic nitrogens is 2. The number of hydrazone groups is 1. The number of carbonyl (C=O) groups excluding carboxylic acids is 1. The summed E-state index contributed by atoms with van der Waals surface area (Å²) in [5.74, 6) is 0.553. The van der Waals surface area contributed by atoms with Crippen LogP contribution in [-0.2, 0) is 12.8 Å². The number of nitrogens with zero attached hydrogens (tertiary/aromatic N) is 3. The van der Waals surface area contributed by atoms with Crippen molar-refractivity contribution in [1.29, 1.82) is 0 Å². The molecule has 1 aliphatic rings. The molecule has 1 aliphatic carbocycles. The average Bonchev–Trinajstić information content (AvgIpc) is 3.24. The summed E-state index contributed by atoms with van der Waals surface area (Å²) in [6.45, 7) is 6.22. The van der Waals surface area contributed by atoms with E-state index in [9.17, 15) is 4.79 Å². The molecule has 6 heteroatoms. The summed E-state index contributed by atoms with van der Waals surface area (Å²) in [5.41, 5.74) is 7.79. The van der Waals surface area contributed by atoms with Crippen LogP contribution in [-0.4, -0.2) is 21.9 Å². The molecule has 3 aromatic rings. The third kappa shape index (κ3) is 3.64. The Balaban J connectivity index is 1.48. The maximum atomic E-state index is 12.5. The molecular formula is C22H24N4OS. The van der Waals surface area contributed by atoms with Crippen LogP contribution in [0.15, 0.2) is 41.5 Å². The molecule has 0 saturated heterocycles. The third-order valence-corrected chi connectivity index (χ3v) is 6.50. The van der Waals surface area contributed by atoms with E-state index >= 15 is 0 Å². The van der Waals surface area contributed by atoms with Crippen LogP contribution in [0.4, 0.5) is 0 Å². The Hall–Kier alpha value is -2.73. The first-order valence-electron chi connectivity index (χ1n) is 9.59. The van der Waals surface area contributed by atoms with Gasteiger partial charge in [0.25, 0.3) is 5.91 Å². The Labute approximate surface area is 169 Å². The number of hydrogen-bond donors (Lipinski definition) is 1. The van der Waals surface area contributed by atoms with Gasteiger partial charge in [0.05, 0.1) is 28.2 Å². The molecule has 28 heavy (non-hydrogen) atoms. The summed E-state index contributed by atoms with van der Waals surface area (Å²) in [4.78, 5) is 14.6. The Bertz CT molecular complexity index is 1030. The van der Waals surface area contributed by atoms with Gasteiger partial charge in [-0.25, -0.2) is 10.1 Å². The van der Waals surface area contributed by atoms with Crippen LogP contribution < -0.4 is 5.43 Å². The van der Waals surface area contributed by atoms with E-state index < -0.39 is 0 Å². The highest BCUT2D eigenvalue weighted by atomic mass is 32.1. The quantitative estimate of drug-likeness (QED) is 0.527. The van der Waals surface area contributed by atoms with Gasteiger partial charge < -0.3 is 0 Å². The van der Waals surface area contributed by atoms with Crippen LogP contribution >= 0.6 is 11.3 Å². The first-order valence-corrected chi connectivity index (χ1v) is 10.4. The zero-order valence-corrected chi connectivity index (χ0v) is 17.2. The molecule has 0 bridgehead atoms. The molecule has 0 radical (unpaired) electrons. The highest BCUT2D eigenvalue weighted by Gasteiger charge is 2.20. The molecular weight excluding hydrogens is 368 g/mol. The topological polar surface area (TPSA) is 59.3 Å². The monoisotopic (exact) mass is 392 g/mol. The highest BCUT2D eigenvalue weighted by molar-refractivity contribution is 7.14. The maximum Gasteiger partial charge on any atom is 0.281 e. The number of para-hydroxylation sites is 1. The van der Waals surface area contributed by atoms with Gasteiger partial charge in [-0.3, -0.25) is 4.79 Å². The van der Waals surface area contributed by atoms with Crippen molar-refractivity contribution in [1.82, 2.24) is 15.2 Å². The summed E-state index contributed by atoms with van der Waals surface area (Å²) < 4.78 is 1.90. The number of fused-ring (bicyclic) bond motifs is 1. The van der Waals surface area contributed by atoms with E-state index in [2.05, 4.69) is 22.5 Å². The molecule has 2 heterocycles. The van der Waals surface area contributed by atoms with Gasteiger partial charge in [-0.1, -0.05) is 25.1 Å². The summed E-state index contributed by atoms with van der Waals surface area (Å²) in [6, 6.07) is 12.0. The number of amides is 1. The predicted octanol–water partition coefficient (Wildman–Crippen LogP) is 4.44. The van der Waals surface area contributed by atoms with Crippen molar-refractivity contribution < 1.29 is 4.79 Å². The first-order chi connectivity index (χ1) is 13.5. The zero-order chi connectivity index (χ0) is 19.7. The van der Waals surface area contributed by atoms with Gasteiger partial charge in [0, 0.05) is 10.4 Å². The minimum absolute atomic E-state index is 0.144. The summed E-state index contributed by atoms with van der Waals surface area (Å²) >= 11 is 1.60. The van der Waals surface area contributed by atoms with Crippen LogP contribution in [0.3, 0.4) is 0 Å². The minimum atomic E-state index is -0.144. The maximum absolute atomic E-state index is 12.5. The number of hydrogen-bond acceptors (Lipinski definition) is 4. The van der Waals surface area contributed by atoms with Crippen LogP contribution in [0, 0.1) is 19.8 Å². The van der Waals surface area contributed by atoms with Gasteiger partial charge in [-0.15, -0.1) is 11.3 Å². The highest BCUT2D eigenvalue weighted by Crippen LogP contribution is 2.32. The molecule has 1 amide bonds. The fraction of sp³-hybridized carbons (Fsp3) is 0.318. The largest absolute Gasteiger partial charge is 0.281 e. The Kier molecular flexibility index (Phi) is 5.13. The van der Waals surface area contributed by atoms with E-state index in [1.165, 1.54) is 16.9 Å². The first kappa shape index (κ1) is 18.6. The van der Waals surface area contributed by atoms with E-state index in [0.717, 1.165) is 40.4 Å². The van der Waals surface area contributed by atoms with Gasteiger partial charge in [-0.2, -0.15) is 10.2 Å². The summed E-state index contributed by atoms with van der Waals surface area (Å²) in [5, 5.41) is 8.80. The van der Waals surface area contributed by atoms with E-state index in [1.54, 1.807) is 17.6 Å². The van der Waals surface area contributed by atoms with Crippen molar-refractivity contribution in [3.63, 3.8) is 0 Å². The molecule has 1 N–H and O–H groups in total. The van der Waals surface area contributed by atoms with E-state index in [1.807, 2.05) is 54.9 Å². The third-order valence-electron chi connectivity index (χ3n) is 5.26. The lowest BCUT2D eigenvalue weighted by molar-refractivity contribution is 0.0959. The molecule has 0 unspecified atom stereocenters. The van der Waals surface area contributed by atoms with Gasteiger partial charge in [0.15, 0.2) is 0 Å². The van der Waals surface area contributed by atoms with Crippen molar-refractivity contribution in [3.8, 4) is 5.69 Å². The molecule has 5 nitrogen and oxygen atoms in total. The minimum Gasteiger partial charge on any atom is -0.266 e. The number of rotatable bonds is 4. The number of nitrogens with one attached hydrogen (secondary N) is 1. The second-order valence-corrected chi connectivity index (χ2v) is 8.57. The normalized spacial score (nSPS) is 16.3. The second-order valence-electron chi connectivity index (χ2n) is 7.44. The number of thiophene rings is 1. The molecule has 0 saturated carbocycles. The molecule has 144 valence electrons. The molecule has 0 spiro atoms. The fourth-order valence-electron chi connectivity index (χ4n) is 3.69. The van der Waals surface area contributed by atoms with Gasteiger partial charge in [-0.05, 0) is 62.8 Å².